The second-order valence-electron chi connectivity index (χ2n) is 7.08. The van der Waals surface area contributed by atoms with Gasteiger partial charge in [0.15, 0.2) is 6.61 Å². The molecule has 33 heavy (non-hydrogen) atoms. The molecule has 172 valence electrons. The molecular formula is C22H20ClN3O7. The molecule has 0 aromatic heterocycles. The SMILES string of the molecule is COC(=O)c1ccc(NC(=O)COC(=O)[C@H]2CC(=O)N(NC(=O)c3ccc(Cl)cc3)C2)cc1. The summed E-state index contributed by atoms with van der Waals surface area (Å²) >= 11 is 5.79. The van der Waals surface area contributed by atoms with Gasteiger partial charge in [0.25, 0.3) is 11.8 Å². The number of hydrazine groups is 1. The number of methoxy groups -OCH3 is 1. The van der Waals surface area contributed by atoms with Crippen LogP contribution in [0.25, 0.3) is 0 Å². The van der Waals surface area contributed by atoms with Crippen molar-refractivity contribution in [3.05, 3.63) is 64.7 Å². The second-order valence-corrected chi connectivity index (χ2v) is 7.51. The number of benzene rings is 2. The summed E-state index contributed by atoms with van der Waals surface area (Å²) in [6, 6.07) is 12.1. The third-order valence-electron chi connectivity index (χ3n) is 4.74. The monoisotopic (exact) mass is 473 g/mol. The second kappa shape index (κ2) is 10.6. The predicted octanol–water partition coefficient (Wildman–Crippen LogP) is 1.80. The van der Waals surface area contributed by atoms with E-state index in [0.29, 0.717) is 21.8 Å². The highest BCUT2D eigenvalue weighted by Gasteiger charge is 2.36. The first-order valence-corrected chi connectivity index (χ1v) is 10.2. The van der Waals surface area contributed by atoms with Gasteiger partial charge in [-0.1, -0.05) is 11.6 Å². The summed E-state index contributed by atoms with van der Waals surface area (Å²) in [5.74, 6) is -3.63. The molecule has 1 aliphatic heterocycles. The van der Waals surface area contributed by atoms with Gasteiger partial charge in [0.05, 0.1) is 25.1 Å². The lowest BCUT2D eigenvalue weighted by molar-refractivity contribution is -0.151. The number of carbonyl (C=O) groups excluding carboxylic acids is 5. The highest BCUT2D eigenvalue weighted by Crippen LogP contribution is 2.18. The molecular weight excluding hydrogens is 454 g/mol. The van der Waals surface area contributed by atoms with Crippen molar-refractivity contribution in [2.24, 2.45) is 5.92 Å². The van der Waals surface area contributed by atoms with E-state index >= 15 is 0 Å². The Kier molecular flexibility index (Phi) is 7.62. The van der Waals surface area contributed by atoms with Gasteiger partial charge < -0.3 is 14.8 Å². The first-order chi connectivity index (χ1) is 15.8. The molecule has 3 amide bonds. The molecule has 0 unspecified atom stereocenters. The normalized spacial score (nSPS) is 15.0. The van der Waals surface area contributed by atoms with Crippen LogP contribution in [0.2, 0.25) is 5.02 Å². The molecule has 1 atom stereocenters. The number of hydrogen-bond acceptors (Lipinski definition) is 7. The van der Waals surface area contributed by atoms with Crippen molar-refractivity contribution in [3.63, 3.8) is 0 Å². The van der Waals surface area contributed by atoms with E-state index in [9.17, 15) is 24.0 Å². The lowest BCUT2D eigenvalue weighted by atomic mass is 10.1. The van der Waals surface area contributed by atoms with Crippen molar-refractivity contribution in [2.75, 3.05) is 25.6 Å². The lowest BCUT2D eigenvalue weighted by Gasteiger charge is -2.17. The number of anilines is 1. The number of nitrogens with zero attached hydrogens (tertiary/aromatic N) is 1. The zero-order chi connectivity index (χ0) is 24.0. The number of esters is 2. The van der Waals surface area contributed by atoms with Gasteiger partial charge >= 0.3 is 11.9 Å². The Hall–Kier alpha value is -3.92. The van der Waals surface area contributed by atoms with Crippen LogP contribution in [0.3, 0.4) is 0 Å². The Labute approximate surface area is 193 Å². The minimum Gasteiger partial charge on any atom is -0.465 e. The number of amides is 3. The van der Waals surface area contributed by atoms with E-state index in [-0.39, 0.29) is 13.0 Å². The number of carbonyl (C=O) groups is 5. The van der Waals surface area contributed by atoms with Crippen molar-refractivity contribution >= 4 is 46.9 Å². The van der Waals surface area contributed by atoms with E-state index in [4.69, 9.17) is 16.3 Å². The molecule has 1 heterocycles. The van der Waals surface area contributed by atoms with Crippen molar-refractivity contribution in [3.8, 4) is 0 Å². The average Bonchev–Trinajstić information content (AvgIpc) is 3.18. The molecule has 1 aliphatic rings. The molecule has 3 rings (SSSR count). The summed E-state index contributed by atoms with van der Waals surface area (Å²) in [6.07, 6.45) is -0.156. The first kappa shape index (κ1) is 23.7. The fraction of sp³-hybridized carbons (Fsp3) is 0.227. The van der Waals surface area contributed by atoms with Crippen LogP contribution in [0, 0.1) is 5.92 Å². The number of halogens is 1. The molecule has 10 nitrogen and oxygen atoms in total. The molecule has 2 N–H and O–H groups in total. The van der Waals surface area contributed by atoms with Crippen molar-refractivity contribution in [2.45, 2.75) is 6.42 Å². The molecule has 1 fully saturated rings. The number of rotatable bonds is 7. The summed E-state index contributed by atoms with van der Waals surface area (Å²) in [5.41, 5.74) is 3.46. The van der Waals surface area contributed by atoms with Gasteiger partial charge in [-0.25, -0.2) is 4.79 Å². The summed E-state index contributed by atoms with van der Waals surface area (Å²) in [4.78, 5) is 60.1. The largest absolute Gasteiger partial charge is 0.465 e. The third kappa shape index (κ3) is 6.30. The van der Waals surface area contributed by atoms with E-state index in [0.717, 1.165) is 5.01 Å². The Bertz CT molecular complexity index is 1070. The molecule has 0 aliphatic carbocycles. The molecule has 2 aromatic rings. The highest BCUT2D eigenvalue weighted by molar-refractivity contribution is 6.30. The molecule has 0 bridgehead atoms. The van der Waals surface area contributed by atoms with Crippen LogP contribution in [-0.2, 0) is 23.9 Å². The van der Waals surface area contributed by atoms with Crippen molar-refractivity contribution < 1.29 is 33.4 Å². The van der Waals surface area contributed by atoms with Gasteiger partial charge in [-0.3, -0.25) is 29.6 Å². The fourth-order valence-electron chi connectivity index (χ4n) is 3.02. The maximum absolute atomic E-state index is 12.3. The van der Waals surface area contributed by atoms with Crippen LogP contribution in [0.4, 0.5) is 5.69 Å². The number of hydrogen-bond donors (Lipinski definition) is 2. The highest BCUT2D eigenvalue weighted by atomic mass is 35.5. The summed E-state index contributed by atoms with van der Waals surface area (Å²) < 4.78 is 9.60. The van der Waals surface area contributed by atoms with E-state index in [2.05, 4.69) is 15.5 Å². The first-order valence-electron chi connectivity index (χ1n) is 9.78. The number of ether oxygens (including phenoxy) is 2. The van der Waals surface area contributed by atoms with Gasteiger partial charge in [0, 0.05) is 22.7 Å². The third-order valence-corrected chi connectivity index (χ3v) is 4.99. The summed E-state index contributed by atoms with van der Waals surface area (Å²) in [5, 5.41) is 4.04. The smallest absolute Gasteiger partial charge is 0.337 e. The van der Waals surface area contributed by atoms with Crippen LogP contribution in [0.15, 0.2) is 48.5 Å². The molecule has 0 saturated carbocycles. The Morgan fingerprint density at radius 3 is 2.30 bits per heavy atom. The quantitative estimate of drug-likeness (QED) is 0.586. The van der Waals surface area contributed by atoms with Crippen LogP contribution < -0.4 is 10.7 Å². The van der Waals surface area contributed by atoms with E-state index in [1.165, 1.54) is 43.5 Å². The fourth-order valence-corrected chi connectivity index (χ4v) is 3.15. The van der Waals surface area contributed by atoms with Crippen LogP contribution in [0.5, 0.6) is 0 Å². The minimum atomic E-state index is -0.824. The molecule has 11 heteroatoms. The van der Waals surface area contributed by atoms with Gasteiger partial charge in [-0.05, 0) is 48.5 Å². The Balaban J connectivity index is 1.46. The minimum absolute atomic E-state index is 0.0758. The van der Waals surface area contributed by atoms with E-state index in [1.54, 1.807) is 12.1 Å². The number of nitrogens with one attached hydrogen (secondary N) is 2. The van der Waals surface area contributed by atoms with Gasteiger partial charge in [0.1, 0.15) is 0 Å². The average molecular weight is 474 g/mol. The van der Waals surface area contributed by atoms with Crippen LogP contribution in [-0.4, -0.2) is 54.9 Å². The van der Waals surface area contributed by atoms with E-state index in [1.807, 2.05) is 0 Å². The topological polar surface area (TPSA) is 131 Å². The molecule has 0 spiro atoms. The van der Waals surface area contributed by atoms with Gasteiger partial charge in [-0.15, -0.1) is 0 Å². The van der Waals surface area contributed by atoms with Gasteiger partial charge in [0.2, 0.25) is 5.91 Å². The van der Waals surface area contributed by atoms with Crippen LogP contribution >= 0.6 is 11.6 Å². The van der Waals surface area contributed by atoms with Crippen molar-refractivity contribution in [1.29, 1.82) is 0 Å². The zero-order valence-electron chi connectivity index (χ0n) is 17.5. The van der Waals surface area contributed by atoms with E-state index < -0.39 is 42.2 Å². The Morgan fingerprint density at radius 1 is 1.03 bits per heavy atom. The standard InChI is InChI=1S/C22H20ClN3O7/c1-32-21(30)14-4-8-17(9-5-14)24-18(27)12-33-22(31)15-10-19(28)26(11-15)25-20(29)13-2-6-16(23)7-3-13/h2-9,15H,10-12H2,1H3,(H,24,27)(H,25,29)/t15-/m0/s1. The Morgan fingerprint density at radius 2 is 1.67 bits per heavy atom. The van der Waals surface area contributed by atoms with Crippen LogP contribution in [0.1, 0.15) is 27.1 Å². The lowest BCUT2D eigenvalue weighted by Crippen LogP contribution is -2.43. The van der Waals surface area contributed by atoms with Crippen molar-refractivity contribution in [1.82, 2.24) is 10.4 Å². The summed E-state index contributed by atoms with van der Waals surface area (Å²) in [6.45, 7) is -0.632. The maximum Gasteiger partial charge on any atom is 0.337 e. The molecule has 2 aromatic carbocycles. The predicted molar refractivity (Wildman–Crippen MR) is 116 cm³/mol. The molecule has 0 radical (unpaired) electrons. The summed E-state index contributed by atoms with van der Waals surface area (Å²) in [7, 11) is 1.26. The molecule has 1 saturated heterocycles. The maximum atomic E-state index is 12.3. The van der Waals surface area contributed by atoms with Gasteiger partial charge in [-0.2, -0.15) is 0 Å². The zero-order valence-corrected chi connectivity index (χ0v) is 18.3.